The topological polar surface area (TPSA) is 50.1 Å². The standard InChI is InChI=1S/C20H30N6/c1-24-13-9-21-19(24)8-7-18-6-2-3-12-26(18)16-17-14-22-20(23-15-17)25-10-4-5-11-25/h9,13-15,18H,2-8,10-12,16H2,1H3/t18-/m0/s1. The fourth-order valence-electron chi connectivity index (χ4n) is 4.27. The third kappa shape index (κ3) is 4.06. The highest BCUT2D eigenvalue weighted by atomic mass is 15.3. The van der Waals surface area contributed by atoms with Gasteiger partial charge in [-0.25, -0.2) is 15.0 Å². The number of aryl methyl sites for hydroxylation is 2. The Morgan fingerprint density at radius 2 is 1.77 bits per heavy atom. The van der Waals surface area contributed by atoms with E-state index in [1.54, 1.807) is 0 Å². The molecule has 2 aliphatic heterocycles. The second kappa shape index (κ2) is 8.16. The molecular formula is C20H30N6. The minimum atomic E-state index is 0.638. The SMILES string of the molecule is Cn1ccnc1CC[C@@H]1CCCCN1Cc1cnc(N2CCCC2)nc1. The summed E-state index contributed by atoms with van der Waals surface area (Å²) in [6.07, 6.45) is 16.7. The predicted octanol–water partition coefficient (Wildman–Crippen LogP) is 2.80. The lowest BCUT2D eigenvalue weighted by atomic mass is 9.97. The molecule has 140 valence electrons. The Morgan fingerprint density at radius 1 is 1.00 bits per heavy atom. The molecule has 0 amide bonds. The number of imidazole rings is 1. The number of nitrogens with zero attached hydrogens (tertiary/aromatic N) is 6. The number of aromatic nitrogens is 4. The molecule has 4 rings (SSSR count). The summed E-state index contributed by atoms with van der Waals surface area (Å²) in [5.74, 6) is 2.09. The fourth-order valence-corrected chi connectivity index (χ4v) is 4.27. The van der Waals surface area contributed by atoms with Gasteiger partial charge in [0, 0.05) is 69.5 Å². The number of anilines is 1. The fraction of sp³-hybridized carbons (Fsp3) is 0.650. The van der Waals surface area contributed by atoms with Crippen LogP contribution in [-0.4, -0.2) is 50.1 Å². The molecule has 0 saturated carbocycles. The Morgan fingerprint density at radius 3 is 2.50 bits per heavy atom. The molecule has 2 fully saturated rings. The Kier molecular flexibility index (Phi) is 5.48. The summed E-state index contributed by atoms with van der Waals surface area (Å²) >= 11 is 0. The Labute approximate surface area is 156 Å². The molecule has 0 aromatic carbocycles. The molecule has 1 atom stereocenters. The molecule has 0 unspecified atom stereocenters. The van der Waals surface area contributed by atoms with Crippen molar-refractivity contribution in [3.63, 3.8) is 0 Å². The minimum absolute atomic E-state index is 0.638. The lowest BCUT2D eigenvalue weighted by Crippen LogP contribution is -2.39. The van der Waals surface area contributed by atoms with E-state index >= 15 is 0 Å². The van der Waals surface area contributed by atoms with Gasteiger partial charge in [0.2, 0.25) is 5.95 Å². The van der Waals surface area contributed by atoms with E-state index in [9.17, 15) is 0 Å². The number of piperidine rings is 1. The van der Waals surface area contributed by atoms with Crippen LogP contribution in [0.1, 0.15) is 49.9 Å². The maximum Gasteiger partial charge on any atom is 0.225 e. The number of hydrogen-bond acceptors (Lipinski definition) is 5. The highest BCUT2D eigenvalue weighted by Crippen LogP contribution is 2.23. The van der Waals surface area contributed by atoms with Crippen molar-refractivity contribution in [1.29, 1.82) is 0 Å². The summed E-state index contributed by atoms with van der Waals surface area (Å²) in [4.78, 5) is 18.6. The van der Waals surface area contributed by atoms with Crippen LogP contribution in [0, 0.1) is 0 Å². The van der Waals surface area contributed by atoms with Gasteiger partial charge < -0.3 is 9.47 Å². The monoisotopic (exact) mass is 354 g/mol. The van der Waals surface area contributed by atoms with Crippen molar-refractivity contribution in [3.05, 3.63) is 36.2 Å². The zero-order chi connectivity index (χ0) is 17.8. The normalized spacial score (nSPS) is 21.4. The molecule has 26 heavy (non-hydrogen) atoms. The van der Waals surface area contributed by atoms with Crippen LogP contribution in [0.4, 0.5) is 5.95 Å². The summed E-state index contributed by atoms with van der Waals surface area (Å²) in [6.45, 7) is 4.34. The number of rotatable bonds is 6. The smallest absolute Gasteiger partial charge is 0.225 e. The summed E-state index contributed by atoms with van der Waals surface area (Å²) in [7, 11) is 2.08. The quantitative estimate of drug-likeness (QED) is 0.798. The molecule has 0 aliphatic carbocycles. The van der Waals surface area contributed by atoms with E-state index in [2.05, 4.69) is 36.4 Å². The van der Waals surface area contributed by atoms with Crippen LogP contribution < -0.4 is 4.90 Å². The van der Waals surface area contributed by atoms with Gasteiger partial charge in [0.15, 0.2) is 0 Å². The average Bonchev–Trinajstić information content (AvgIpc) is 3.34. The van der Waals surface area contributed by atoms with Crippen LogP contribution in [-0.2, 0) is 20.0 Å². The van der Waals surface area contributed by atoms with Gasteiger partial charge in [0.05, 0.1) is 0 Å². The Hall–Kier alpha value is -1.95. The summed E-state index contributed by atoms with van der Waals surface area (Å²) in [6, 6.07) is 0.638. The summed E-state index contributed by atoms with van der Waals surface area (Å²) < 4.78 is 2.14. The third-order valence-electron chi connectivity index (χ3n) is 5.84. The zero-order valence-corrected chi connectivity index (χ0v) is 15.8. The van der Waals surface area contributed by atoms with E-state index < -0.39 is 0 Å². The first-order valence-corrected chi connectivity index (χ1v) is 10.1. The summed E-state index contributed by atoms with van der Waals surface area (Å²) in [5.41, 5.74) is 1.23. The lowest BCUT2D eigenvalue weighted by molar-refractivity contribution is 0.131. The first kappa shape index (κ1) is 17.5. The van der Waals surface area contributed by atoms with Crippen molar-refractivity contribution in [2.24, 2.45) is 7.05 Å². The average molecular weight is 355 g/mol. The van der Waals surface area contributed by atoms with Gasteiger partial charge in [-0.2, -0.15) is 0 Å². The van der Waals surface area contributed by atoms with Crippen molar-refractivity contribution in [3.8, 4) is 0 Å². The van der Waals surface area contributed by atoms with E-state index in [1.165, 1.54) is 56.5 Å². The van der Waals surface area contributed by atoms with Gasteiger partial charge in [0.1, 0.15) is 5.82 Å². The molecule has 0 bridgehead atoms. The first-order chi connectivity index (χ1) is 12.8. The van der Waals surface area contributed by atoms with Crippen LogP contribution in [0.15, 0.2) is 24.8 Å². The second-order valence-electron chi connectivity index (χ2n) is 7.70. The molecule has 0 spiro atoms. The van der Waals surface area contributed by atoms with Crippen molar-refractivity contribution in [2.75, 3.05) is 24.5 Å². The Bertz CT molecular complexity index is 689. The number of hydrogen-bond donors (Lipinski definition) is 0. The predicted molar refractivity (Wildman–Crippen MR) is 103 cm³/mol. The molecule has 0 N–H and O–H groups in total. The lowest BCUT2D eigenvalue weighted by Gasteiger charge is -2.35. The first-order valence-electron chi connectivity index (χ1n) is 10.1. The summed E-state index contributed by atoms with van der Waals surface area (Å²) in [5, 5.41) is 0. The maximum absolute atomic E-state index is 4.62. The van der Waals surface area contributed by atoms with Crippen molar-refractivity contribution < 1.29 is 0 Å². The van der Waals surface area contributed by atoms with E-state index in [0.29, 0.717) is 6.04 Å². The Balaban J connectivity index is 1.36. The van der Waals surface area contributed by atoms with Crippen LogP contribution in [0.3, 0.4) is 0 Å². The van der Waals surface area contributed by atoms with E-state index in [1.807, 2.05) is 24.8 Å². The molecule has 2 aliphatic rings. The molecule has 6 heteroatoms. The second-order valence-corrected chi connectivity index (χ2v) is 7.70. The van der Waals surface area contributed by atoms with Crippen LogP contribution in [0.25, 0.3) is 0 Å². The minimum Gasteiger partial charge on any atom is -0.341 e. The molecule has 2 saturated heterocycles. The van der Waals surface area contributed by atoms with Crippen LogP contribution in [0.2, 0.25) is 0 Å². The van der Waals surface area contributed by atoms with Gasteiger partial charge >= 0.3 is 0 Å². The molecular weight excluding hydrogens is 324 g/mol. The van der Waals surface area contributed by atoms with Gasteiger partial charge in [-0.3, -0.25) is 4.90 Å². The highest BCUT2D eigenvalue weighted by molar-refractivity contribution is 5.31. The largest absolute Gasteiger partial charge is 0.341 e. The van der Waals surface area contributed by atoms with E-state index in [-0.39, 0.29) is 0 Å². The number of likely N-dealkylation sites (tertiary alicyclic amines) is 1. The van der Waals surface area contributed by atoms with Gasteiger partial charge in [-0.05, 0) is 38.6 Å². The van der Waals surface area contributed by atoms with Gasteiger partial charge in [-0.1, -0.05) is 6.42 Å². The van der Waals surface area contributed by atoms with Gasteiger partial charge in [-0.15, -0.1) is 0 Å². The maximum atomic E-state index is 4.62. The molecule has 0 radical (unpaired) electrons. The van der Waals surface area contributed by atoms with E-state index in [4.69, 9.17) is 0 Å². The van der Waals surface area contributed by atoms with E-state index in [0.717, 1.165) is 32.0 Å². The van der Waals surface area contributed by atoms with Crippen molar-refractivity contribution >= 4 is 5.95 Å². The molecule has 2 aromatic heterocycles. The molecule has 4 heterocycles. The van der Waals surface area contributed by atoms with Crippen molar-refractivity contribution in [2.45, 2.75) is 57.5 Å². The third-order valence-corrected chi connectivity index (χ3v) is 5.84. The molecule has 2 aromatic rings. The zero-order valence-electron chi connectivity index (χ0n) is 15.8. The van der Waals surface area contributed by atoms with Gasteiger partial charge in [0.25, 0.3) is 0 Å². The van der Waals surface area contributed by atoms with Crippen molar-refractivity contribution in [1.82, 2.24) is 24.4 Å². The van der Waals surface area contributed by atoms with Crippen LogP contribution >= 0.6 is 0 Å². The molecule has 6 nitrogen and oxygen atoms in total. The highest BCUT2D eigenvalue weighted by Gasteiger charge is 2.23. The van der Waals surface area contributed by atoms with Crippen LogP contribution in [0.5, 0.6) is 0 Å².